The van der Waals surface area contributed by atoms with Crippen LogP contribution < -0.4 is 0 Å². The van der Waals surface area contributed by atoms with Gasteiger partial charge in [0.25, 0.3) is 11.4 Å². The number of hydrogen-bond acceptors (Lipinski definition) is 9. The minimum absolute atomic E-state index is 0.133. The Labute approximate surface area is 352 Å². The minimum atomic E-state index is -0.267. The number of nitrogens with zero attached hydrogens (tertiary/aromatic N) is 6. The van der Waals surface area contributed by atoms with Crippen molar-refractivity contribution in [3.63, 3.8) is 0 Å². The molecule has 0 unspecified atom stereocenters. The maximum Gasteiger partial charge on any atom is 0.271 e. The van der Waals surface area contributed by atoms with Gasteiger partial charge in [-0.1, -0.05) is 87.1 Å². The van der Waals surface area contributed by atoms with Gasteiger partial charge in [-0.2, -0.15) is 0 Å². The minimum Gasteiger partial charge on any atom is -0.287 e. The molecule has 2 saturated carbocycles. The molecule has 11 rings (SSSR count). The van der Waals surface area contributed by atoms with Crippen LogP contribution in [-0.2, 0) is 10.8 Å². The Bertz CT molecular complexity index is 2870. The van der Waals surface area contributed by atoms with E-state index < -0.39 is 0 Å². The number of fused-ring (bicyclic) bond motifs is 13. The topological polar surface area (TPSA) is 115 Å². The van der Waals surface area contributed by atoms with Crippen molar-refractivity contribution in [2.45, 2.75) is 75.0 Å². The van der Waals surface area contributed by atoms with Crippen LogP contribution in [0.5, 0.6) is 0 Å². The van der Waals surface area contributed by atoms with Gasteiger partial charge in [0.1, 0.15) is 21.4 Å². The number of benzene rings is 2. The van der Waals surface area contributed by atoms with Crippen LogP contribution in [0.2, 0.25) is 0 Å². The molecule has 6 aliphatic carbocycles. The van der Waals surface area contributed by atoms with Gasteiger partial charge in [-0.05, 0) is 71.2 Å². The third-order valence-electron chi connectivity index (χ3n) is 13.3. The average Bonchev–Trinajstić information content (AvgIpc) is 4.13. The highest BCUT2D eigenvalue weighted by Crippen LogP contribution is 2.71. The Morgan fingerprint density at radius 1 is 0.576 bits per heavy atom. The van der Waals surface area contributed by atoms with E-state index in [1.165, 1.54) is 54.6 Å². The van der Waals surface area contributed by atoms with Crippen molar-refractivity contribution in [1.29, 1.82) is 10.5 Å². The molecule has 0 radical (unpaired) electrons. The van der Waals surface area contributed by atoms with Gasteiger partial charge in [-0.3, -0.25) is 9.59 Å². The number of nitriles is 2. The van der Waals surface area contributed by atoms with Crippen LogP contribution in [0.3, 0.4) is 0 Å². The zero-order valence-corrected chi connectivity index (χ0v) is 34.0. The highest BCUT2D eigenvalue weighted by molar-refractivity contribution is 7.29. The molecule has 8 nitrogen and oxygen atoms in total. The maximum absolute atomic E-state index is 13.8. The van der Waals surface area contributed by atoms with E-state index in [-0.39, 0.29) is 45.2 Å². The van der Waals surface area contributed by atoms with E-state index in [0.717, 1.165) is 51.4 Å². The molecule has 282 valence electrons. The first-order chi connectivity index (χ1) is 28.9. The summed E-state index contributed by atoms with van der Waals surface area (Å²) in [5.74, 6) is -0.535. The number of carbonyl (C=O) groups excluding carboxylic acids is 2. The fourth-order valence-electron chi connectivity index (χ4n) is 10.9. The van der Waals surface area contributed by atoms with Crippen molar-refractivity contribution >= 4 is 78.1 Å². The van der Waals surface area contributed by atoms with Gasteiger partial charge in [0.2, 0.25) is 11.6 Å². The Kier molecular flexibility index (Phi) is 7.94. The molecule has 0 aliphatic heterocycles. The molecule has 0 N–H and O–H groups in total. The Morgan fingerprint density at radius 3 is 1.34 bits per heavy atom. The lowest BCUT2D eigenvalue weighted by molar-refractivity contribution is 0.106. The maximum atomic E-state index is 13.8. The second-order valence-electron chi connectivity index (χ2n) is 16.0. The third-order valence-corrected chi connectivity index (χ3v) is 16.9. The Hall–Kier alpha value is -6.34. The van der Waals surface area contributed by atoms with Gasteiger partial charge in [-0.25, -0.2) is 30.2 Å². The Balaban J connectivity index is 1.09. The molecule has 2 aromatic carbocycles. The number of rotatable bonds is 2. The average molecular weight is 819 g/mol. The largest absolute Gasteiger partial charge is 0.287 e. The summed E-state index contributed by atoms with van der Waals surface area (Å²) in [5, 5.41) is 21.3. The van der Waals surface area contributed by atoms with E-state index in [4.69, 9.17) is 23.1 Å². The summed E-state index contributed by atoms with van der Waals surface area (Å²) < 4.78 is 0. The predicted molar refractivity (Wildman–Crippen MR) is 233 cm³/mol. The van der Waals surface area contributed by atoms with Crippen LogP contribution in [0.25, 0.3) is 40.3 Å². The fraction of sp³-hybridized carbons (Fsp3) is 0.250. The molecule has 6 aliphatic rings. The summed E-state index contributed by atoms with van der Waals surface area (Å²) in [4.78, 5) is 49.7. The normalized spacial score (nSPS) is 21.6. The molecule has 0 amide bonds. The monoisotopic (exact) mass is 818 g/mol. The van der Waals surface area contributed by atoms with Gasteiger partial charge in [0, 0.05) is 42.9 Å². The molecule has 0 saturated heterocycles. The quantitative estimate of drug-likeness (QED) is 0.130. The molecule has 59 heavy (non-hydrogen) atoms. The van der Waals surface area contributed by atoms with Crippen molar-refractivity contribution in [3.05, 3.63) is 139 Å². The Morgan fingerprint density at radius 2 is 0.966 bits per heavy atom. The fourth-order valence-corrected chi connectivity index (χ4v) is 15.0. The van der Waals surface area contributed by atoms with Gasteiger partial charge in [-0.15, -0.1) is 34.0 Å². The van der Waals surface area contributed by atoms with Gasteiger partial charge in [0.05, 0.1) is 35.0 Å². The van der Waals surface area contributed by atoms with Crippen molar-refractivity contribution in [3.8, 4) is 31.6 Å². The lowest BCUT2D eigenvalue weighted by Gasteiger charge is -2.41. The summed E-state index contributed by atoms with van der Waals surface area (Å²) in [6.45, 7) is 15.5. The molecule has 0 bridgehead atoms. The molecule has 2 spiro atoms. The number of allylic oxidation sites excluding steroid dienone is 4. The highest BCUT2D eigenvalue weighted by atomic mass is 32.1. The van der Waals surface area contributed by atoms with E-state index in [2.05, 4.69) is 21.8 Å². The van der Waals surface area contributed by atoms with Crippen molar-refractivity contribution in [2.75, 3.05) is 0 Å². The SMILES string of the molecule is [C-]#[N+]C(C#N)=C1C(=Nc2cc3c(s2)-c2sc4c(c2C32CCCCC2)C2(CCCCC2)c2cc(N=C3C(=O)c5ccccc5/C3=C(/C#N)[N+]#[C-])sc2-4)C(=O)c2ccccc21. The first-order valence-corrected chi connectivity index (χ1v) is 22.3. The van der Waals surface area contributed by atoms with Crippen LogP contribution >= 0.6 is 34.0 Å². The van der Waals surface area contributed by atoms with E-state index in [1.54, 1.807) is 59.1 Å². The number of thiophene rings is 3. The number of hydrogen-bond donors (Lipinski definition) is 0. The summed E-state index contributed by atoms with van der Waals surface area (Å²) in [6, 6.07) is 22.7. The number of ketones is 2. The van der Waals surface area contributed by atoms with Crippen LogP contribution in [0.4, 0.5) is 10.0 Å². The zero-order valence-electron chi connectivity index (χ0n) is 31.6. The molecule has 3 heterocycles. The van der Waals surface area contributed by atoms with Crippen molar-refractivity contribution in [2.24, 2.45) is 9.98 Å². The highest BCUT2D eigenvalue weighted by Gasteiger charge is 2.56. The van der Waals surface area contributed by atoms with Crippen molar-refractivity contribution < 1.29 is 9.59 Å². The molecule has 2 fully saturated rings. The zero-order chi connectivity index (χ0) is 40.2. The van der Waals surface area contributed by atoms with Crippen LogP contribution in [0.1, 0.15) is 118 Å². The lowest BCUT2D eigenvalue weighted by Crippen LogP contribution is -2.34. The molecule has 11 heteroatoms. The van der Waals surface area contributed by atoms with E-state index in [0.29, 0.717) is 43.4 Å². The summed E-state index contributed by atoms with van der Waals surface area (Å²) in [6.07, 6.45) is 11.0. The van der Waals surface area contributed by atoms with Crippen LogP contribution in [-0.4, -0.2) is 23.0 Å². The molecule has 0 atom stereocenters. The molecule has 3 aromatic heterocycles. The van der Waals surface area contributed by atoms with E-state index in [1.807, 2.05) is 35.6 Å². The molecular weight excluding hydrogens is 789 g/mol. The van der Waals surface area contributed by atoms with E-state index in [9.17, 15) is 20.1 Å². The van der Waals surface area contributed by atoms with Gasteiger partial charge in [0.15, 0.2) is 0 Å². The van der Waals surface area contributed by atoms with Gasteiger partial charge < -0.3 is 0 Å². The summed E-state index contributed by atoms with van der Waals surface area (Å²) in [5.41, 5.74) is 7.97. The standard InChI is InChI=1S/C48H30N6O2S3/c1-51-31(23-49)35-25-13-5-7-15-27(25)41(55)39(35)53-33-21-29-43(57-33)45-37(47(29)17-9-3-10-18-47)38-46(59-45)44-30(48(38)19-11-4-12-20-48)22-34(58-44)54-40-36(32(24-50)52-2)26-14-6-8-16-28(26)42(40)56/h5-8,13-16,21-22H,3-4,9-12,17-20H2/b35-31+,36-32?,53-39?,54-40?. The van der Waals surface area contributed by atoms with Crippen LogP contribution in [0.15, 0.2) is 82.0 Å². The van der Waals surface area contributed by atoms with Crippen molar-refractivity contribution in [1.82, 2.24) is 0 Å². The lowest BCUT2D eigenvalue weighted by atomic mass is 9.61. The van der Waals surface area contributed by atoms with Crippen LogP contribution in [0, 0.1) is 35.8 Å². The number of carbonyl (C=O) groups is 2. The number of Topliss-reactive ketones (excluding diaryl/α,β-unsaturated/α-hetero) is 2. The second kappa shape index (κ2) is 13.1. The summed E-state index contributed by atoms with van der Waals surface area (Å²) >= 11 is 5.07. The van der Waals surface area contributed by atoms with E-state index >= 15 is 0 Å². The first kappa shape index (κ1) is 35.8. The predicted octanol–water partition coefficient (Wildman–Crippen LogP) is 12.6. The smallest absolute Gasteiger partial charge is 0.271 e. The second-order valence-corrected chi connectivity index (χ2v) is 19.1. The molecular formula is C48H30N6O2S3. The first-order valence-electron chi connectivity index (χ1n) is 19.8. The summed E-state index contributed by atoms with van der Waals surface area (Å²) in [7, 11) is 0. The van der Waals surface area contributed by atoms with Gasteiger partial charge >= 0.3 is 0 Å². The third kappa shape index (κ3) is 4.76. The number of aliphatic imine (C=N–C) groups is 2. The molecule has 5 aromatic rings.